The van der Waals surface area contributed by atoms with Gasteiger partial charge in [0.15, 0.2) is 6.61 Å². The number of carbonyl (C=O) groups excluding carboxylic acids is 1. The third kappa shape index (κ3) is 5.42. The minimum atomic E-state index is -0.471. The highest BCUT2D eigenvalue weighted by atomic mass is 79.9. The molecule has 8 heteroatoms. The zero-order valence-corrected chi connectivity index (χ0v) is 14.7. The monoisotopic (exact) mass is 416 g/mol. The lowest BCUT2D eigenvalue weighted by molar-refractivity contribution is -0.123. The molecule has 0 atom stereocenters. The Hall–Kier alpha value is -1.76. The van der Waals surface area contributed by atoms with E-state index in [1.165, 1.54) is 18.3 Å². The highest BCUT2D eigenvalue weighted by Gasteiger charge is 2.06. The van der Waals surface area contributed by atoms with Gasteiger partial charge < -0.3 is 9.84 Å². The second kappa shape index (κ2) is 8.19. The first-order valence-electron chi connectivity index (χ1n) is 6.34. The van der Waals surface area contributed by atoms with E-state index in [2.05, 4.69) is 26.5 Å². The molecule has 1 amide bonds. The zero-order chi connectivity index (χ0) is 16.8. The number of phenols is 1. The summed E-state index contributed by atoms with van der Waals surface area (Å²) >= 11 is 15.0. The van der Waals surface area contributed by atoms with Gasteiger partial charge in [0, 0.05) is 15.1 Å². The molecular formula is C15H11BrCl2N2O3. The number of rotatable bonds is 5. The third-order valence-electron chi connectivity index (χ3n) is 2.64. The molecule has 0 saturated heterocycles. The van der Waals surface area contributed by atoms with Gasteiger partial charge in [-0.3, -0.25) is 4.79 Å². The minimum Gasteiger partial charge on any atom is -0.507 e. The first-order chi connectivity index (χ1) is 11.0. The van der Waals surface area contributed by atoms with Crippen molar-refractivity contribution in [1.82, 2.24) is 5.43 Å². The predicted molar refractivity (Wildman–Crippen MR) is 93.5 cm³/mol. The first kappa shape index (κ1) is 17.6. The summed E-state index contributed by atoms with van der Waals surface area (Å²) in [5.74, 6) is -0.0722. The number of amides is 1. The quantitative estimate of drug-likeness (QED) is 0.570. The molecule has 0 aliphatic heterocycles. The van der Waals surface area contributed by atoms with E-state index in [1.807, 2.05) is 0 Å². The SMILES string of the molecule is O=C(COc1ccc(Cl)cc1Cl)N/N=C/c1cc(Br)ccc1O. The van der Waals surface area contributed by atoms with Crippen LogP contribution in [-0.4, -0.2) is 23.8 Å². The molecule has 120 valence electrons. The minimum absolute atomic E-state index is 0.0513. The van der Waals surface area contributed by atoms with E-state index in [1.54, 1.807) is 24.3 Å². The number of benzene rings is 2. The number of halogens is 3. The Morgan fingerprint density at radius 3 is 2.83 bits per heavy atom. The van der Waals surface area contributed by atoms with E-state index < -0.39 is 5.91 Å². The van der Waals surface area contributed by atoms with Gasteiger partial charge in [0.1, 0.15) is 11.5 Å². The molecule has 5 nitrogen and oxygen atoms in total. The van der Waals surface area contributed by atoms with E-state index >= 15 is 0 Å². The second-order valence-electron chi connectivity index (χ2n) is 4.36. The Bertz CT molecular complexity index is 753. The molecular weight excluding hydrogens is 407 g/mol. The summed E-state index contributed by atoms with van der Waals surface area (Å²) in [5, 5.41) is 14.2. The highest BCUT2D eigenvalue weighted by molar-refractivity contribution is 9.10. The van der Waals surface area contributed by atoms with Crippen LogP contribution < -0.4 is 10.2 Å². The number of aromatic hydroxyl groups is 1. The maximum atomic E-state index is 11.6. The molecule has 23 heavy (non-hydrogen) atoms. The van der Waals surface area contributed by atoms with E-state index in [0.717, 1.165) is 4.47 Å². The summed E-state index contributed by atoms with van der Waals surface area (Å²) in [6.45, 7) is -0.261. The van der Waals surface area contributed by atoms with Gasteiger partial charge in [0.25, 0.3) is 5.91 Å². The Morgan fingerprint density at radius 1 is 1.30 bits per heavy atom. The van der Waals surface area contributed by atoms with Crippen molar-refractivity contribution in [3.8, 4) is 11.5 Å². The number of hydrogen-bond acceptors (Lipinski definition) is 4. The smallest absolute Gasteiger partial charge is 0.277 e. The van der Waals surface area contributed by atoms with Crippen LogP contribution in [0.1, 0.15) is 5.56 Å². The normalized spacial score (nSPS) is 10.7. The van der Waals surface area contributed by atoms with E-state index in [9.17, 15) is 9.90 Å². The van der Waals surface area contributed by atoms with Crippen LogP contribution in [0, 0.1) is 0 Å². The second-order valence-corrected chi connectivity index (χ2v) is 6.12. The number of phenolic OH excluding ortho intramolecular Hbond substituents is 1. The third-order valence-corrected chi connectivity index (χ3v) is 3.66. The fourth-order valence-corrected chi connectivity index (χ4v) is 2.41. The lowest BCUT2D eigenvalue weighted by Gasteiger charge is -2.07. The standard InChI is InChI=1S/C15H11BrCl2N2O3/c16-10-1-3-13(21)9(5-10)7-19-20-15(22)8-23-14-4-2-11(17)6-12(14)18/h1-7,21H,8H2,(H,20,22)/b19-7+. The van der Waals surface area contributed by atoms with Crippen LogP contribution in [0.15, 0.2) is 46.0 Å². The average Bonchev–Trinajstić information content (AvgIpc) is 2.50. The maximum absolute atomic E-state index is 11.6. The van der Waals surface area contributed by atoms with Crippen molar-refractivity contribution in [3.63, 3.8) is 0 Å². The number of nitrogens with one attached hydrogen (secondary N) is 1. The van der Waals surface area contributed by atoms with Gasteiger partial charge in [0.05, 0.1) is 11.2 Å². The molecule has 0 spiro atoms. The van der Waals surface area contributed by atoms with Crippen LogP contribution >= 0.6 is 39.1 Å². The molecule has 0 bridgehead atoms. The molecule has 0 heterocycles. The van der Waals surface area contributed by atoms with Crippen molar-refractivity contribution in [1.29, 1.82) is 0 Å². The summed E-state index contributed by atoms with van der Waals surface area (Å²) in [4.78, 5) is 11.6. The largest absolute Gasteiger partial charge is 0.507 e. The van der Waals surface area contributed by atoms with Crippen molar-refractivity contribution in [3.05, 3.63) is 56.5 Å². The summed E-state index contributed by atoms with van der Waals surface area (Å²) in [5.41, 5.74) is 2.75. The van der Waals surface area contributed by atoms with Crippen molar-refractivity contribution in [2.24, 2.45) is 5.10 Å². The lowest BCUT2D eigenvalue weighted by atomic mass is 10.2. The molecule has 0 radical (unpaired) electrons. The van der Waals surface area contributed by atoms with E-state index in [0.29, 0.717) is 21.4 Å². The molecule has 0 fully saturated rings. The molecule has 0 unspecified atom stereocenters. The fraction of sp³-hybridized carbons (Fsp3) is 0.0667. The number of nitrogens with zero attached hydrogens (tertiary/aromatic N) is 1. The summed E-state index contributed by atoms with van der Waals surface area (Å²) < 4.78 is 6.05. The van der Waals surface area contributed by atoms with Crippen LogP contribution in [-0.2, 0) is 4.79 Å². The molecule has 2 aromatic carbocycles. The molecule has 0 aliphatic rings. The van der Waals surface area contributed by atoms with Gasteiger partial charge in [-0.05, 0) is 36.4 Å². The van der Waals surface area contributed by atoms with Crippen LogP contribution in [0.5, 0.6) is 11.5 Å². The van der Waals surface area contributed by atoms with Crippen molar-refractivity contribution < 1.29 is 14.6 Å². The predicted octanol–water partition coefficient (Wildman–Crippen LogP) is 3.99. The van der Waals surface area contributed by atoms with Crippen LogP contribution in [0.25, 0.3) is 0 Å². The molecule has 2 N–H and O–H groups in total. The summed E-state index contributed by atoms with van der Waals surface area (Å²) in [6.07, 6.45) is 1.33. The van der Waals surface area contributed by atoms with E-state index in [4.69, 9.17) is 27.9 Å². The summed E-state index contributed by atoms with van der Waals surface area (Å²) in [6, 6.07) is 9.56. The maximum Gasteiger partial charge on any atom is 0.277 e. The molecule has 0 aliphatic carbocycles. The van der Waals surface area contributed by atoms with Crippen molar-refractivity contribution in [2.75, 3.05) is 6.61 Å². The van der Waals surface area contributed by atoms with Crippen molar-refractivity contribution in [2.45, 2.75) is 0 Å². The summed E-state index contributed by atoms with van der Waals surface area (Å²) in [7, 11) is 0. The van der Waals surface area contributed by atoms with Crippen LogP contribution in [0.3, 0.4) is 0 Å². The van der Waals surface area contributed by atoms with Gasteiger partial charge in [-0.25, -0.2) is 5.43 Å². The van der Waals surface area contributed by atoms with Crippen molar-refractivity contribution >= 4 is 51.3 Å². The van der Waals surface area contributed by atoms with E-state index in [-0.39, 0.29) is 12.4 Å². The zero-order valence-electron chi connectivity index (χ0n) is 11.6. The Labute approximate surface area is 151 Å². The lowest BCUT2D eigenvalue weighted by Crippen LogP contribution is -2.24. The van der Waals surface area contributed by atoms with Gasteiger partial charge in [-0.15, -0.1) is 0 Å². The molecule has 0 saturated carbocycles. The average molecular weight is 418 g/mol. The van der Waals surface area contributed by atoms with Gasteiger partial charge in [0.2, 0.25) is 0 Å². The molecule has 0 aromatic heterocycles. The Morgan fingerprint density at radius 2 is 2.09 bits per heavy atom. The van der Waals surface area contributed by atoms with Crippen LogP contribution in [0.2, 0.25) is 10.0 Å². The Balaban J connectivity index is 1.87. The number of hydrogen-bond donors (Lipinski definition) is 2. The van der Waals surface area contributed by atoms with Gasteiger partial charge >= 0.3 is 0 Å². The van der Waals surface area contributed by atoms with Gasteiger partial charge in [-0.1, -0.05) is 39.1 Å². The topological polar surface area (TPSA) is 70.9 Å². The molecule has 2 rings (SSSR count). The highest BCUT2D eigenvalue weighted by Crippen LogP contribution is 2.27. The van der Waals surface area contributed by atoms with Gasteiger partial charge in [-0.2, -0.15) is 5.10 Å². The first-order valence-corrected chi connectivity index (χ1v) is 7.89. The number of carbonyl (C=O) groups is 1. The Kier molecular flexibility index (Phi) is 6.27. The number of hydrazone groups is 1. The van der Waals surface area contributed by atoms with Crippen LogP contribution in [0.4, 0.5) is 0 Å². The molecule has 2 aromatic rings. The fourth-order valence-electron chi connectivity index (χ4n) is 1.57. The number of ether oxygens (including phenoxy) is 1.